The molecular weight excluding hydrogens is 256 g/mol. The summed E-state index contributed by atoms with van der Waals surface area (Å²) in [6, 6.07) is 1.54. The van der Waals surface area contributed by atoms with Crippen LogP contribution in [-0.4, -0.2) is 33.2 Å². The van der Waals surface area contributed by atoms with Gasteiger partial charge in [0.1, 0.15) is 6.26 Å². The van der Waals surface area contributed by atoms with Crippen molar-refractivity contribution >= 4 is 15.9 Å². The zero-order valence-electron chi connectivity index (χ0n) is 10.3. The average molecular weight is 274 g/mol. The summed E-state index contributed by atoms with van der Waals surface area (Å²) in [7, 11) is -3.22. The zero-order valence-corrected chi connectivity index (χ0v) is 11.1. The topological polar surface area (TPSA) is 88.4 Å². The van der Waals surface area contributed by atoms with Crippen LogP contribution in [0.15, 0.2) is 23.0 Å². The molecule has 1 heterocycles. The Labute approximate surface area is 107 Å². The Morgan fingerprint density at radius 1 is 1.39 bits per heavy atom. The Morgan fingerprint density at radius 3 is 2.78 bits per heavy atom. The van der Waals surface area contributed by atoms with Gasteiger partial charge < -0.3 is 9.73 Å². The molecule has 1 amide bonds. The van der Waals surface area contributed by atoms with Crippen molar-refractivity contribution < 1.29 is 17.6 Å². The second-order valence-corrected chi connectivity index (χ2v) is 5.76. The van der Waals surface area contributed by atoms with Crippen LogP contribution in [-0.2, 0) is 10.0 Å². The third-order valence-electron chi connectivity index (χ3n) is 2.28. The number of amides is 1. The van der Waals surface area contributed by atoms with Gasteiger partial charge in [0.15, 0.2) is 0 Å². The molecule has 0 aliphatic carbocycles. The number of carbonyl (C=O) groups excluding carboxylic acids is 1. The van der Waals surface area contributed by atoms with Crippen molar-refractivity contribution in [1.82, 2.24) is 10.0 Å². The number of furan rings is 1. The molecule has 6 nitrogen and oxygen atoms in total. The summed E-state index contributed by atoms with van der Waals surface area (Å²) >= 11 is 0. The number of sulfonamides is 1. The van der Waals surface area contributed by atoms with Crippen LogP contribution in [0.25, 0.3) is 0 Å². The minimum Gasteiger partial charge on any atom is -0.472 e. The van der Waals surface area contributed by atoms with Crippen LogP contribution < -0.4 is 10.0 Å². The molecule has 0 bridgehead atoms. The van der Waals surface area contributed by atoms with Crippen molar-refractivity contribution in [3.05, 3.63) is 24.2 Å². The fourth-order valence-electron chi connectivity index (χ4n) is 1.28. The van der Waals surface area contributed by atoms with Gasteiger partial charge in [-0.15, -0.1) is 0 Å². The van der Waals surface area contributed by atoms with Gasteiger partial charge in [-0.05, 0) is 12.5 Å². The summed E-state index contributed by atoms with van der Waals surface area (Å²) in [5.74, 6) is -0.157. The summed E-state index contributed by atoms with van der Waals surface area (Å²) < 4.78 is 30.0. The zero-order chi connectivity index (χ0) is 13.4. The highest BCUT2D eigenvalue weighted by Gasteiger charge is 2.09. The molecule has 0 saturated carbocycles. The first-order valence-corrected chi connectivity index (χ1v) is 7.48. The molecular formula is C11H18N2O4S. The van der Waals surface area contributed by atoms with Crippen LogP contribution in [0, 0.1) is 0 Å². The van der Waals surface area contributed by atoms with E-state index < -0.39 is 10.0 Å². The molecule has 1 aromatic rings. The standard InChI is InChI=1S/C11H18N2O4S/c1-2-3-8-18(15,16)13-6-5-12-11(14)10-4-7-17-9-10/h4,7,9,13H,2-3,5-6,8H2,1H3,(H,12,14). The second kappa shape index (κ2) is 7.17. The largest absolute Gasteiger partial charge is 0.472 e. The van der Waals surface area contributed by atoms with Crippen molar-refractivity contribution in [2.45, 2.75) is 19.8 Å². The van der Waals surface area contributed by atoms with Crippen molar-refractivity contribution in [1.29, 1.82) is 0 Å². The molecule has 2 N–H and O–H groups in total. The summed E-state index contributed by atoms with van der Waals surface area (Å²) in [4.78, 5) is 11.5. The third kappa shape index (κ3) is 5.33. The van der Waals surface area contributed by atoms with Gasteiger partial charge in [-0.3, -0.25) is 4.79 Å². The molecule has 0 aliphatic heterocycles. The Bertz CT molecular complexity index is 453. The minimum absolute atomic E-state index is 0.124. The smallest absolute Gasteiger partial charge is 0.254 e. The molecule has 7 heteroatoms. The maximum absolute atomic E-state index is 11.5. The maximum atomic E-state index is 11.5. The van der Waals surface area contributed by atoms with E-state index in [1.165, 1.54) is 12.5 Å². The Morgan fingerprint density at radius 2 is 2.17 bits per heavy atom. The van der Waals surface area contributed by atoms with Gasteiger partial charge in [0, 0.05) is 13.1 Å². The fourth-order valence-corrected chi connectivity index (χ4v) is 2.51. The normalized spacial score (nSPS) is 11.4. The van der Waals surface area contributed by atoms with Gasteiger partial charge in [0.25, 0.3) is 5.91 Å². The molecule has 0 unspecified atom stereocenters. The monoisotopic (exact) mass is 274 g/mol. The first-order chi connectivity index (χ1) is 8.55. The van der Waals surface area contributed by atoms with Gasteiger partial charge in [-0.2, -0.15) is 0 Å². The highest BCUT2D eigenvalue weighted by atomic mass is 32.2. The molecule has 0 atom stereocenters. The molecule has 0 saturated heterocycles. The van der Waals surface area contributed by atoms with Crippen LogP contribution in [0.1, 0.15) is 30.1 Å². The molecule has 1 rings (SSSR count). The van der Waals surface area contributed by atoms with Gasteiger partial charge in [0.2, 0.25) is 10.0 Å². The lowest BCUT2D eigenvalue weighted by Crippen LogP contribution is -2.35. The fraction of sp³-hybridized carbons (Fsp3) is 0.545. The minimum atomic E-state index is -3.22. The summed E-state index contributed by atoms with van der Waals surface area (Å²) in [6.07, 6.45) is 4.21. The van der Waals surface area contributed by atoms with E-state index in [0.717, 1.165) is 6.42 Å². The van der Waals surface area contributed by atoms with Crippen LogP contribution >= 0.6 is 0 Å². The lowest BCUT2D eigenvalue weighted by Gasteiger charge is -2.06. The van der Waals surface area contributed by atoms with Crippen LogP contribution in [0.2, 0.25) is 0 Å². The number of rotatable bonds is 8. The molecule has 0 aromatic carbocycles. The first kappa shape index (κ1) is 14.7. The van der Waals surface area contributed by atoms with Crippen LogP contribution in [0.4, 0.5) is 0 Å². The first-order valence-electron chi connectivity index (χ1n) is 5.83. The van der Waals surface area contributed by atoms with Gasteiger partial charge >= 0.3 is 0 Å². The Kier molecular flexibility index (Phi) is 5.87. The highest BCUT2D eigenvalue weighted by molar-refractivity contribution is 7.89. The van der Waals surface area contributed by atoms with E-state index in [4.69, 9.17) is 4.42 Å². The van der Waals surface area contributed by atoms with E-state index in [0.29, 0.717) is 12.0 Å². The average Bonchev–Trinajstić information content (AvgIpc) is 2.86. The third-order valence-corrected chi connectivity index (χ3v) is 3.75. The molecule has 0 spiro atoms. The highest BCUT2D eigenvalue weighted by Crippen LogP contribution is 1.98. The van der Waals surface area contributed by atoms with E-state index in [2.05, 4.69) is 10.0 Å². The lowest BCUT2D eigenvalue weighted by atomic mass is 10.3. The van der Waals surface area contributed by atoms with E-state index >= 15 is 0 Å². The molecule has 18 heavy (non-hydrogen) atoms. The van der Waals surface area contributed by atoms with Crippen LogP contribution in [0.5, 0.6) is 0 Å². The molecule has 0 radical (unpaired) electrons. The van der Waals surface area contributed by atoms with E-state index in [1.807, 2.05) is 6.92 Å². The van der Waals surface area contributed by atoms with E-state index in [1.54, 1.807) is 6.07 Å². The number of hydrogen-bond donors (Lipinski definition) is 2. The van der Waals surface area contributed by atoms with E-state index in [-0.39, 0.29) is 24.7 Å². The summed E-state index contributed by atoms with van der Waals surface area (Å²) in [5, 5.41) is 2.59. The molecule has 102 valence electrons. The predicted octanol–water partition coefficient (Wildman–Crippen LogP) is 0.729. The Hall–Kier alpha value is -1.34. The van der Waals surface area contributed by atoms with E-state index in [9.17, 15) is 13.2 Å². The SMILES string of the molecule is CCCCS(=O)(=O)NCCNC(=O)c1ccoc1. The maximum Gasteiger partial charge on any atom is 0.254 e. The number of hydrogen-bond acceptors (Lipinski definition) is 4. The number of unbranched alkanes of at least 4 members (excludes halogenated alkanes) is 1. The van der Waals surface area contributed by atoms with Gasteiger partial charge in [0.05, 0.1) is 17.6 Å². The van der Waals surface area contributed by atoms with Crippen molar-refractivity contribution in [2.75, 3.05) is 18.8 Å². The van der Waals surface area contributed by atoms with Crippen molar-refractivity contribution in [2.24, 2.45) is 0 Å². The summed E-state index contributed by atoms with van der Waals surface area (Å²) in [6.45, 7) is 2.37. The molecule has 0 aliphatic rings. The van der Waals surface area contributed by atoms with Gasteiger partial charge in [-0.1, -0.05) is 13.3 Å². The number of nitrogens with one attached hydrogen (secondary N) is 2. The lowest BCUT2D eigenvalue weighted by molar-refractivity contribution is 0.0953. The second-order valence-electron chi connectivity index (χ2n) is 3.83. The number of carbonyl (C=O) groups is 1. The molecule has 1 aromatic heterocycles. The Balaban J connectivity index is 2.21. The predicted molar refractivity (Wildman–Crippen MR) is 67.7 cm³/mol. The van der Waals surface area contributed by atoms with Crippen LogP contribution in [0.3, 0.4) is 0 Å². The van der Waals surface area contributed by atoms with Crippen molar-refractivity contribution in [3.8, 4) is 0 Å². The quantitative estimate of drug-likeness (QED) is 0.684. The van der Waals surface area contributed by atoms with Crippen molar-refractivity contribution in [3.63, 3.8) is 0 Å². The summed E-state index contributed by atoms with van der Waals surface area (Å²) in [5.41, 5.74) is 0.420. The molecule has 0 fully saturated rings. The van der Waals surface area contributed by atoms with Gasteiger partial charge in [-0.25, -0.2) is 13.1 Å².